The minimum atomic E-state index is 0.627. The Bertz CT molecular complexity index is 411. The van der Waals surface area contributed by atoms with Gasteiger partial charge in [0.2, 0.25) is 0 Å². The van der Waals surface area contributed by atoms with Crippen molar-refractivity contribution in [3.8, 4) is 11.8 Å². The molecule has 0 heterocycles. The van der Waals surface area contributed by atoms with Crippen LogP contribution in [0.3, 0.4) is 0 Å². The molecular weight excluding hydrogens is 254 g/mol. The van der Waals surface area contributed by atoms with Crippen molar-refractivity contribution in [2.24, 2.45) is 5.92 Å². The van der Waals surface area contributed by atoms with Crippen LogP contribution in [0.5, 0.6) is 5.75 Å². The Hall–Kier alpha value is -1.01. The summed E-state index contributed by atoms with van der Waals surface area (Å²) in [4.78, 5) is 0. The van der Waals surface area contributed by atoms with E-state index < -0.39 is 0 Å². The number of nitriles is 1. The zero-order valence-corrected chi connectivity index (χ0v) is 10.1. The Morgan fingerprint density at radius 1 is 1.60 bits per heavy atom. The van der Waals surface area contributed by atoms with Gasteiger partial charge in [0.05, 0.1) is 12.7 Å². The molecule has 78 valence electrons. The molecule has 3 heteroatoms. The fourth-order valence-corrected chi connectivity index (χ4v) is 2.59. The highest BCUT2D eigenvalue weighted by Gasteiger charge is 2.37. The van der Waals surface area contributed by atoms with Crippen molar-refractivity contribution in [2.45, 2.75) is 12.3 Å². The van der Waals surface area contributed by atoms with E-state index in [1.165, 1.54) is 12.0 Å². The monoisotopic (exact) mass is 265 g/mol. The predicted octanol–water partition coefficient (Wildman–Crippen LogP) is 3.07. The van der Waals surface area contributed by atoms with E-state index in [-0.39, 0.29) is 0 Å². The second-order valence-electron chi connectivity index (χ2n) is 3.83. The van der Waals surface area contributed by atoms with E-state index in [1.54, 1.807) is 7.11 Å². The maximum absolute atomic E-state index is 8.96. The third-order valence-corrected chi connectivity index (χ3v) is 3.72. The van der Waals surface area contributed by atoms with Crippen molar-refractivity contribution in [1.29, 1.82) is 5.26 Å². The second kappa shape index (κ2) is 4.24. The third kappa shape index (κ3) is 2.00. The topological polar surface area (TPSA) is 33.0 Å². The summed E-state index contributed by atoms with van der Waals surface area (Å²) < 4.78 is 5.11. The Kier molecular flexibility index (Phi) is 2.97. The summed E-state index contributed by atoms with van der Waals surface area (Å²) in [5, 5.41) is 10.0. The van der Waals surface area contributed by atoms with Gasteiger partial charge in [0.25, 0.3) is 0 Å². The average Bonchev–Trinajstić information content (AvgIpc) is 3.07. The molecule has 0 radical (unpaired) electrons. The fourth-order valence-electron chi connectivity index (χ4n) is 1.87. The highest BCUT2D eigenvalue weighted by Crippen LogP contribution is 2.48. The molecule has 1 aliphatic rings. The zero-order chi connectivity index (χ0) is 10.8. The van der Waals surface area contributed by atoms with Crippen LogP contribution in [0.4, 0.5) is 0 Å². The molecule has 1 aliphatic carbocycles. The molecule has 1 aromatic rings. The van der Waals surface area contributed by atoms with Crippen LogP contribution >= 0.6 is 15.9 Å². The molecule has 1 fully saturated rings. The van der Waals surface area contributed by atoms with E-state index in [0.29, 0.717) is 17.2 Å². The van der Waals surface area contributed by atoms with Gasteiger partial charge < -0.3 is 4.74 Å². The molecule has 0 bridgehead atoms. The van der Waals surface area contributed by atoms with Crippen LogP contribution < -0.4 is 4.74 Å². The summed E-state index contributed by atoms with van der Waals surface area (Å²) in [5.74, 6) is 2.03. The molecule has 0 spiro atoms. The van der Waals surface area contributed by atoms with Crippen molar-refractivity contribution >= 4 is 15.9 Å². The van der Waals surface area contributed by atoms with Gasteiger partial charge in [0, 0.05) is 5.33 Å². The smallest absolute Gasteiger partial charge is 0.136 e. The minimum absolute atomic E-state index is 0.627. The van der Waals surface area contributed by atoms with Gasteiger partial charge in [-0.15, -0.1) is 0 Å². The summed E-state index contributed by atoms with van der Waals surface area (Å²) >= 11 is 3.49. The average molecular weight is 266 g/mol. The second-order valence-corrected chi connectivity index (χ2v) is 4.48. The third-order valence-electron chi connectivity index (χ3n) is 2.89. The first kappa shape index (κ1) is 10.5. The maximum atomic E-state index is 8.96. The first-order valence-electron chi connectivity index (χ1n) is 4.94. The number of nitrogens with zero attached hydrogens (tertiary/aromatic N) is 1. The van der Waals surface area contributed by atoms with Gasteiger partial charge in [0.1, 0.15) is 11.8 Å². The number of hydrogen-bond acceptors (Lipinski definition) is 2. The molecule has 2 atom stereocenters. The predicted molar refractivity (Wildman–Crippen MR) is 62.4 cm³/mol. The highest BCUT2D eigenvalue weighted by molar-refractivity contribution is 9.09. The van der Waals surface area contributed by atoms with Crippen LogP contribution in [0.15, 0.2) is 18.2 Å². The lowest BCUT2D eigenvalue weighted by Crippen LogP contribution is -1.91. The van der Waals surface area contributed by atoms with Crippen molar-refractivity contribution in [1.82, 2.24) is 0 Å². The Labute approximate surface area is 98.0 Å². The molecular formula is C12H12BrNO. The molecule has 2 rings (SSSR count). The molecule has 15 heavy (non-hydrogen) atoms. The molecule has 1 saturated carbocycles. The van der Waals surface area contributed by atoms with E-state index in [4.69, 9.17) is 10.00 Å². The van der Waals surface area contributed by atoms with Crippen LogP contribution in [0, 0.1) is 17.2 Å². The van der Waals surface area contributed by atoms with Crippen LogP contribution in [-0.2, 0) is 0 Å². The SMILES string of the molecule is COc1ccc(C2CC2CBr)cc1C#N. The van der Waals surface area contributed by atoms with Crippen molar-refractivity contribution in [3.63, 3.8) is 0 Å². The normalized spacial score (nSPS) is 23.3. The number of halogens is 1. The van der Waals surface area contributed by atoms with Crippen molar-refractivity contribution < 1.29 is 4.74 Å². The number of benzene rings is 1. The first-order chi connectivity index (χ1) is 7.30. The molecule has 1 aromatic carbocycles. The molecule has 2 unspecified atom stereocenters. The van der Waals surface area contributed by atoms with E-state index in [0.717, 1.165) is 11.2 Å². The van der Waals surface area contributed by atoms with Gasteiger partial charge in [-0.1, -0.05) is 22.0 Å². The van der Waals surface area contributed by atoms with Crippen LogP contribution in [0.1, 0.15) is 23.5 Å². The van der Waals surface area contributed by atoms with Crippen molar-refractivity contribution in [2.75, 3.05) is 12.4 Å². The summed E-state index contributed by atoms with van der Waals surface area (Å²) in [6.45, 7) is 0. The summed E-state index contributed by atoms with van der Waals surface area (Å²) in [7, 11) is 1.59. The first-order valence-corrected chi connectivity index (χ1v) is 6.06. The zero-order valence-electron chi connectivity index (χ0n) is 8.53. The Morgan fingerprint density at radius 3 is 2.93 bits per heavy atom. The largest absolute Gasteiger partial charge is 0.495 e. The molecule has 0 N–H and O–H groups in total. The Morgan fingerprint density at radius 2 is 2.40 bits per heavy atom. The van der Waals surface area contributed by atoms with Gasteiger partial charge in [-0.3, -0.25) is 0 Å². The Balaban J connectivity index is 2.25. The van der Waals surface area contributed by atoms with Crippen LogP contribution in [0.25, 0.3) is 0 Å². The summed E-state index contributed by atoms with van der Waals surface area (Å²) in [5.41, 5.74) is 1.90. The van der Waals surface area contributed by atoms with E-state index in [1.807, 2.05) is 12.1 Å². The number of hydrogen-bond donors (Lipinski definition) is 0. The maximum Gasteiger partial charge on any atom is 0.136 e. The highest BCUT2D eigenvalue weighted by atomic mass is 79.9. The number of ether oxygens (including phenoxy) is 1. The lowest BCUT2D eigenvalue weighted by molar-refractivity contribution is 0.413. The van der Waals surface area contributed by atoms with Gasteiger partial charge in [-0.2, -0.15) is 5.26 Å². The van der Waals surface area contributed by atoms with E-state index in [9.17, 15) is 0 Å². The number of alkyl halides is 1. The van der Waals surface area contributed by atoms with E-state index >= 15 is 0 Å². The number of rotatable bonds is 3. The van der Waals surface area contributed by atoms with Crippen LogP contribution in [0.2, 0.25) is 0 Å². The molecule has 0 amide bonds. The van der Waals surface area contributed by atoms with Crippen LogP contribution in [-0.4, -0.2) is 12.4 Å². The molecule has 0 aliphatic heterocycles. The summed E-state index contributed by atoms with van der Waals surface area (Å²) in [6, 6.07) is 8.07. The lowest BCUT2D eigenvalue weighted by atomic mass is 10.1. The fraction of sp³-hybridized carbons (Fsp3) is 0.417. The van der Waals surface area contributed by atoms with Gasteiger partial charge in [-0.05, 0) is 36.0 Å². The van der Waals surface area contributed by atoms with Gasteiger partial charge in [0.15, 0.2) is 0 Å². The van der Waals surface area contributed by atoms with E-state index in [2.05, 4.69) is 28.1 Å². The molecule has 2 nitrogen and oxygen atoms in total. The van der Waals surface area contributed by atoms with Gasteiger partial charge in [-0.25, -0.2) is 0 Å². The van der Waals surface area contributed by atoms with Crippen molar-refractivity contribution in [3.05, 3.63) is 29.3 Å². The summed E-state index contributed by atoms with van der Waals surface area (Å²) in [6.07, 6.45) is 1.22. The standard InChI is InChI=1S/C12H12BrNO/c1-15-12-3-2-8(4-10(12)7-14)11-5-9(11)6-13/h2-4,9,11H,5-6H2,1H3. The molecule has 0 aromatic heterocycles. The van der Waals surface area contributed by atoms with Gasteiger partial charge >= 0.3 is 0 Å². The number of methoxy groups -OCH3 is 1. The minimum Gasteiger partial charge on any atom is -0.495 e. The molecule has 0 saturated heterocycles. The quantitative estimate of drug-likeness (QED) is 0.788. The lowest BCUT2D eigenvalue weighted by Gasteiger charge is -2.05.